The van der Waals surface area contributed by atoms with Crippen LogP contribution in [0.25, 0.3) is 0 Å². The number of halogens is 1. The molecule has 0 aliphatic heterocycles. The molecular formula is C14H10FN3O. The molecule has 0 heterocycles. The largest absolute Gasteiger partial charge is 0.399 e. The smallest absolute Gasteiger partial charge is 0.255 e. The Labute approximate surface area is 109 Å². The fourth-order valence-electron chi connectivity index (χ4n) is 1.52. The van der Waals surface area contributed by atoms with Gasteiger partial charge in [0.25, 0.3) is 5.91 Å². The van der Waals surface area contributed by atoms with Gasteiger partial charge in [0.2, 0.25) is 0 Å². The van der Waals surface area contributed by atoms with Crippen molar-refractivity contribution in [3.8, 4) is 6.07 Å². The second-order valence-corrected chi connectivity index (χ2v) is 3.88. The first-order valence-corrected chi connectivity index (χ1v) is 5.46. The second-order valence-electron chi connectivity index (χ2n) is 3.88. The van der Waals surface area contributed by atoms with Crippen molar-refractivity contribution in [3.05, 3.63) is 59.4 Å². The lowest BCUT2D eigenvalue weighted by molar-refractivity contribution is 0.102. The highest BCUT2D eigenvalue weighted by Gasteiger charge is 2.09. The molecule has 0 saturated heterocycles. The molecule has 2 aromatic rings. The number of hydrogen-bond acceptors (Lipinski definition) is 3. The van der Waals surface area contributed by atoms with Gasteiger partial charge in [-0.1, -0.05) is 0 Å². The average molecular weight is 255 g/mol. The van der Waals surface area contributed by atoms with Crippen LogP contribution in [0.15, 0.2) is 42.5 Å². The van der Waals surface area contributed by atoms with Gasteiger partial charge in [0.15, 0.2) is 0 Å². The number of nitrogens with two attached hydrogens (primary N) is 1. The van der Waals surface area contributed by atoms with E-state index in [0.717, 1.165) is 6.07 Å². The molecule has 5 heteroatoms. The lowest BCUT2D eigenvalue weighted by atomic mass is 10.1. The highest BCUT2D eigenvalue weighted by molar-refractivity contribution is 6.04. The maximum atomic E-state index is 13.6. The molecule has 0 aromatic heterocycles. The third-order valence-electron chi connectivity index (χ3n) is 2.52. The van der Waals surface area contributed by atoms with E-state index in [9.17, 15) is 9.18 Å². The molecule has 3 N–H and O–H groups in total. The molecule has 4 nitrogen and oxygen atoms in total. The molecule has 0 bridgehead atoms. The molecule has 0 unspecified atom stereocenters. The first-order chi connectivity index (χ1) is 9.10. The van der Waals surface area contributed by atoms with Crippen molar-refractivity contribution >= 4 is 17.3 Å². The number of rotatable bonds is 2. The minimum Gasteiger partial charge on any atom is -0.399 e. The Morgan fingerprint density at radius 2 is 1.89 bits per heavy atom. The number of carbonyl (C=O) groups is 1. The third-order valence-corrected chi connectivity index (χ3v) is 2.52. The van der Waals surface area contributed by atoms with E-state index in [1.54, 1.807) is 24.3 Å². The zero-order valence-electron chi connectivity index (χ0n) is 9.85. The van der Waals surface area contributed by atoms with E-state index >= 15 is 0 Å². The molecule has 0 saturated carbocycles. The van der Waals surface area contributed by atoms with Crippen molar-refractivity contribution < 1.29 is 9.18 Å². The van der Waals surface area contributed by atoms with Crippen LogP contribution in [-0.2, 0) is 0 Å². The Morgan fingerprint density at radius 3 is 2.47 bits per heavy atom. The van der Waals surface area contributed by atoms with Crippen molar-refractivity contribution in [2.24, 2.45) is 0 Å². The topological polar surface area (TPSA) is 78.9 Å². The van der Waals surface area contributed by atoms with Gasteiger partial charge < -0.3 is 11.1 Å². The van der Waals surface area contributed by atoms with Crippen molar-refractivity contribution in [1.82, 2.24) is 0 Å². The maximum absolute atomic E-state index is 13.6. The molecular weight excluding hydrogens is 245 g/mol. The Hall–Kier alpha value is -2.87. The minimum absolute atomic E-state index is 0.0285. The number of hydrogen-bond donors (Lipinski definition) is 2. The van der Waals surface area contributed by atoms with Crippen LogP contribution in [0.1, 0.15) is 15.9 Å². The number of carbonyl (C=O) groups excluding carboxylic acids is 1. The van der Waals surface area contributed by atoms with E-state index in [1.165, 1.54) is 12.1 Å². The number of amides is 1. The third kappa shape index (κ3) is 2.87. The molecule has 2 rings (SSSR count). The van der Waals surface area contributed by atoms with Crippen LogP contribution in [0.2, 0.25) is 0 Å². The number of nitrogens with one attached hydrogen (secondary N) is 1. The van der Waals surface area contributed by atoms with Gasteiger partial charge in [-0.25, -0.2) is 4.39 Å². The molecule has 0 radical (unpaired) electrons. The standard InChI is InChI=1S/C14H10FN3O/c15-12-7-9(8-16)1-6-13(12)18-14(19)10-2-4-11(17)5-3-10/h1-7H,17H2,(H,18,19). The minimum atomic E-state index is -0.650. The molecule has 1 amide bonds. The molecule has 0 fully saturated rings. The fourth-order valence-corrected chi connectivity index (χ4v) is 1.52. The zero-order chi connectivity index (χ0) is 13.8. The molecule has 94 valence electrons. The van der Waals surface area contributed by atoms with E-state index < -0.39 is 11.7 Å². The van der Waals surface area contributed by atoms with Gasteiger partial charge in [-0.2, -0.15) is 5.26 Å². The van der Waals surface area contributed by atoms with Crippen LogP contribution < -0.4 is 11.1 Å². The van der Waals surface area contributed by atoms with Crippen LogP contribution in [0.3, 0.4) is 0 Å². The summed E-state index contributed by atoms with van der Waals surface area (Å²) in [4.78, 5) is 11.8. The van der Waals surface area contributed by atoms with Crippen LogP contribution in [-0.4, -0.2) is 5.91 Å². The van der Waals surface area contributed by atoms with Crippen molar-refractivity contribution in [1.29, 1.82) is 5.26 Å². The maximum Gasteiger partial charge on any atom is 0.255 e. The van der Waals surface area contributed by atoms with Gasteiger partial charge in [0, 0.05) is 11.3 Å². The Bertz CT molecular complexity index is 659. The summed E-state index contributed by atoms with van der Waals surface area (Å²) in [7, 11) is 0. The Balaban J connectivity index is 2.20. The first kappa shape index (κ1) is 12.6. The fraction of sp³-hybridized carbons (Fsp3) is 0. The molecule has 0 aliphatic carbocycles. The number of nitriles is 1. The van der Waals surface area contributed by atoms with E-state index in [-0.39, 0.29) is 11.3 Å². The summed E-state index contributed by atoms with van der Waals surface area (Å²) in [6.45, 7) is 0. The van der Waals surface area contributed by atoms with Gasteiger partial charge in [-0.3, -0.25) is 4.79 Å². The highest BCUT2D eigenvalue weighted by Crippen LogP contribution is 2.16. The summed E-state index contributed by atoms with van der Waals surface area (Å²) in [6.07, 6.45) is 0. The van der Waals surface area contributed by atoms with Gasteiger partial charge in [0.1, 0.15) is 5.82 Å². The SMILES string of the molecule is N#Cc1ccc(NC(=O)c2ccc(N)cc2)c(F)c1. The molecule has 19 heavy (non-hydrogen) atoms. The van der Waals surface area contributed by atoms with Crippen LogP contribution in [0.5, 0.6) is 0 Å². The van der Waals surface area contributed by atoms with Gasteiger partial charge in [-0.15, -0.1) is 0 Å². The van der Waals surface area contributed by atoms with E-state index in [4.69, 9.17) is 11.0 Å². The normalized spacial score (nSPS) is 9.68. The predicted molar refractivity (Wildman–Crippen MR) is 69.9 cm³/mol. The van der Waals surface area contributed by atoms with Crippen LogP contribution >= 0.6 is 0 Å². The molecule has 2 aromatic carbocycles. The predicted octanol–water partition coefficient (Wildman–Crippen LogP) is 2.53. The van der Waals surface area contributed by atoms with E-state index in [1.807, 2.05) is 6.07 Å². The molecule has 0 spiro atoms. The molecule has 0 aliphatic rings. The summed E-state index contributed by atoms with van der Waals surface area (Å²) >= 11 is 0. The lowest BCUT2D eigenvalue weighted by Gasteiger charge is -2.06. The molecule has 0 atom stereocenters. The van der Waals surface area contributed by atoms with Gasteiger partial charge in [-0.05, 0) is 42.5 Å². The number of anilines is 2. The Kier molecular flexibility index (Phi) is 3.44. The Morgan fingerprint density at radius 1 is 1.21 bits per heavy atom. The zero-order valence-corrected chi connectivity index (χ0v) is 9.85. The van der Waals surface area contributed by atoms with Crippen molar-refractivity contribution in [3.63, 3.8) is 0 Å². The van der Waals surface area contributed by atoms with Crippen molar-refractivity contribution in [2.75, 3.05) is 11.1 Å². The summed E-state index contributed by atoms with van der Waals surface area (Å²) in [5.74, 6) is -1.09. The average Bonchev–Trinajstić information content (AvgIpc) is 2.41. The first-order valence-electron chi connectivity index (χ1n) is 5.46. The van der Waals surface area contributed by atoms with Crippen LogP contribution in [0.4, 0.5) is 15.8 Å². The summed E-state index contributed by atoms with van der Waals surface area (Å²) < 4.78 is 13.6. The van der Waals surface area contributed by atoms with Gasteiger partial charge in [0.05, 0.1) is 17.3 Å². The quantitative estimate of drug-likeness (QED) is 0.809. The monoisotopic (exact) mass is 255 g/mol. The number of nitrogen functional groups attached to an aromatic ring is 1. The summed E-state index contributed by atoms with van der Waals surface area (Å²) in [6, 6.07) is 11.9. The number of benzene rings is 2. The van der Waals surface area contributed by atoms with Crippen molar-refractivity contribution in [2.45, 2.75) is 0 Å². The highest BCUT2D eigenvalue weighted by atomic mass is 19.1. The van der Waals surface area contributed by atoms with E-state index in [2.05, 4.69) is 5.32 Å². The second kappa shape index (κ2) is 5.19. The van der Waals surface area contributed by atoms with E-state index in [0.29, 0.717) is 11.3 Å². The van der Waals surface area contributed by atoms with Gasteiger partial charge >= 0.3 is 0 Å². The van der Waals surface area contributed by atoms with Crippen LogP contribution in [0, 0.1) is 17.1 Å². The number of nitrogens with zero attached hydrogens (tertiary/aromatic N) is 1. The summed E-state index contributed by atoms with van der Waals surface area (Å²) in [5.41, 5.74) is 6.65. The lowest BCUT2D eigenvalue weighted by Crippen LogP contribution is -2.13. The summed E-state index contributed by atoms with van der Waals surface area (Å²) in [5, 5.41) is 11.1.